The summed E-state index contributed by atoms with van der Waals surface area (Å²) in [5.74, 6) is 0.405. The second-order valence-corrected chi connectivity index (χ2v) is 9.35. The highest BCUT2D eigenvalue weighted by molar-refractivity contribution is 7.88. The van der Waals surface area contributed by atoms with Gasteiger partial charge >= 0.3 is 0 Å². The molecule has 3 atom stereocenters. The fraction of sp³-hybridized carbons (Fsp3) is 0.611. The van der Waals surface area contributed by atoms with Crippen LogP contribution >= 0.6 is 0 Å². The van der Waals surface area contributed by atoms with E-state index in [1.165, 1.54) is 17.1 Å². The summed E-state index contributed by atoms with van der Waals surface area (Å²) < 4.78 is 32.9. The number of rotatable bonds is 6. The van der Waals surface area contributed by atoms with Crippen molar-refractivity contribution in [1.29, 1.82) is 0 Å². The van der Waals surface area contributed by atoms with Gasteiger partial charge in [0.15, 0.2) is 0 Å². The molecule has 6 nitrogen and oxygen atoms in total. The lowest BCUT2D eigenvalue weighted by atomic mass is 9.99. The van der Waals surface area contributed by atoms with Gasteiger partial charge in [0.2, 0.25) is 15.9 Å². The largest absolute Gasteiger partial charge is 0.371 e. The van der Waals surface area contributed by atoms with Gasteiger partial charge in [0.1, 0.15) is 0 Å². The standard InChI is InChI=1S/C18H24N2O4S/c21-18(19-9-13-6-7-13)16-8-15-10-20(11-17(16)24-15)25(22,23)12-14-4-2-1-3-5-14/h1-5,13,15-17H,6-12H2,(H,19,21)/t15-,16-,17-/m0/s1. The Kier molecular flexibility index (Phi) is 4.56. The van der Waals surface area contributed by atoms with Crippen molar-refractivity contribution in [2.75, 3.05) is 19.6 Å². The molecule has 0 aromatic heterocycles. The fourth-order valence-electron chi connectivity index (χ4n) is 3.70. The number of carbonyl (C=O) groups excluding carboxylic acids is 1. The second-order valence-electron chi connectivity index (χ2n) is 7.39. The van der Waals surface area contributed by atoms with Crippen LogP contribution in [0, 0.1) is 11.8 Å². The lowest BCUT2D eigenvalue weighted by molar-refractivity contribution is -0.127. The Morgan fingerprint density at radius 3 is 2.68 bits per heavy atom. The Labute approximate surface area is 148 Å². The molecule has 2 saturated heterocycles. The molecule has 0 unspecified atom stereocenters. The summed E-state index contributed by atoms with van der Waals surface area (Å²) in [6.45, 7) is 1.36. The van der Waals surface area contributed by atoms with Crippen LogP contribution in [0.5, 0.6) is 0 Å². The van der Waals surface area contributed by atoms with Crippen LogP contribution in [0.1, 0.15) is 24.8 Å². The first-order valence-electron chi connectivity index (χ1n) is 8.96. The molecule has 4 rings (SSSR count). The van der Waals surface area contributed by atoms with Gasteiger partial charge in [-0.15, -0.1) is 0 Å². The number of hydrogen-bond acceptors (Lipinski definition) is 4. The van der Waals surface area contributed by atoms with Gasteiger partial charge in [-0.2, -0.15) is 4.31 Å². The topological polar surface area (TPSA) is 75.7 Å². The smallest absolute Gasteiger partial charge is 0.225 e. The van der Waals surface area contributed by atoms with Crippen LogP contribution in [-0.4, -0.2) is 50.5 Å². The molecule has 0 radical (unpaired) electrons. The number of nitrogens with one attached hydrogen (secondary N) is 1. The Balaban J connectivity index is 1.40. The number of fused-ring (bicyclic) bond motifs is 2. The Hall–Kier alpha value is -1.44. The molecule has 0 spiro atoms. The zero-order chi connectivity index (χ0) is 17.4. The Bertz CT molecular complexity index is 733. The van der Waals surface area contributed by atoms with E-state index < -0.39 is 10.0 Å². The predicted octanol–water partition coefficient (Wildman–Crippen LogP) is 1.13. The first kappa shape index (κ1) is 17.0. The van der Waals surface area contributed by atoms with Crippen molar-refractivity contribution in [1.82, 2.24) is 9.62 Å². The quantitative estimate of drug-likeness (QED) is 0.821. The molecule has 1 amide bonds. The molecule has 136 valence electrons. The third-order valence-corrected chi connectivity index (χ3v) is 7.09. The van der Waals surface area contributed by atoms with E-state index in [-0.39, 0.29) is 36.3 Å². The van der Waals surface area contributed by atoms with E-state index in [0.29, 0.717) is 18.9 Å². The van der Waals surface area contributed by atoms with Crippen LogP contribution in [0.15, 0.2) is 30.3 Å². The SMILES string of the molecule is O=C(NCC1CC1)[C@H]1C[C@H]2CN(S(=O)(=O)Cc3ccccc3)C[C@@H]1O2. The van der Waals surface area contributed by atoms with E-state index in [1.54, 1.807) is 0 Å². The van der Waals surface area contributed by atoms with Crippen molar-refractivity contribution in [3.8, 4) is 0 Å². The summed E-state index contributed by atoms with van der Waals surface area (Å²) in [7, 11) is -3.41. The molecule has 1 aliphatic carbocycles. The number of sulfonamides is 1. The summed E-state index contributed by atoms with van der Waals surface area (Å²) in [4.78, 5) is 12.4. The van der Waals surface area contributed by atoms with Crippen LogP contribution in [0.4, 0.5) is 0 Å². The fourth-order valence-corrected chi connectivity index (χ4v) is 5.26. The number of hydrogen-bond donors (Lipinski definition) is 1. The summed E-state index contributed by atoms with van der Waals surface area (Å²) >= 11 is 0. The van der Waals surface area contributed by atoms with Crippen molar-refractivity contribution in [2.45, 2.75) is 37.2 Å². The molecule has 1 aromatic rings. The number of ether oxygens (including phenoxy) is 1. The molecule has 1 N–H and O–H groups in total. The van der Waals surface area contributed by atoms with E-state index in [2.05, 4.69) is 5.32 Å². The lowest BCUT2D eigenvalue weighted by Crippen LogP contribution is -2.48. The number of nitrogens with zero attached hydrogens (tertiary/aromatic N) is 1. The molecule has 1 saturated carbocycles. The van der Waals surface area contributed by atoms with Gasteiger partial charge in [-0.25, -0.2) is 8.42 Å². The minimum absolute atomic E-state index is 0.00811. The number of morpholine rings is 1. The van der Waals surface area contributed by atoms with Gasteiger partial charge in [0.05, 0.1) is 23.9 Å². The minimum atomic E-state index is -3.41. The molecule has 7 heteroatoms. The summed E-state index contributed by atoms with van der Waals surface area (Å²) in [5, 5.41) is 3.01. The van der Waals surface area contributed by atoms with E-state index in [9.17, 15) is 13.2 Å². The monoisotopic (exact) mass is 364 g/mol. The van der Waals surface area contributed by atoms with Crippen molar-refractivity contribution >= 4 is 15.9 Å². The minimum Gasteiger partial charge on any atom is -0.371 e. The maximum atomic E-state index is 12.7. The van der Waals surface area contributed by atoms with E-state index in [1.807, 2.05) is 30.3 Å². The molecule has 2 bridgehead atoms. The molecule has 3 fully saturated rings. The highest BCUT2D eigenvalue weighted by Gasteiger charge is 2.47. The third-order valence-electron chi connectivity index (χ3n) is 5.31. The average Bonchev–Trinajstić information content (AvgIpc) is 3.37. The van der Waals surface area contributed by atoms with Gasteiger partial charge in [0, 0.05) is 19.6 Å². The van der Waals surface area contributed by atoms with Gasteiger partial charge in [-0.05, 0) is 30.7 Å². The van der Waals surface area contributed by atoms with E-state index >= 15 is 0 Å². The number of amides is 1. The highest BCUT2D eigenvalue weighted by atomic mass is 32.2. The van der Waals surface area contributed by atoms with Gasteiger partial charge in [0.25, 0.3) is 0 Å². The second kappa shape index (κ2) is 6.70. The normalized spacial score (nSPS) is 29.5. The molecule has 1 aromatic carbocycles. The van der Waals surface area contributed by atoms with Crippen LogP contribution in [-0.2, 0) is 25.3 Å². The molecular weight excluding hydrogens is 340 g/mol. The van der Waals surface area contributed by atoms with Crippen LogP contribution in [0.25, 0.3) is 0 Å². The van der Waals surface area contributed by atoms with Crippen molar-refractivity contribution in [3.05, 3.63) is 35.9 Å². The maximum Gasteiger partial charge on any atom is 0.225 e. The molecular formula is C18H24N2O4S. The zero-order valence-corrected chi connectivity index (χ0v) is 15.0. The van der Waals surface area contributed by atoms with E-state index in [4.69, 9.17) is 4.74 Å². The third kappa shape index (κ3) is 3.88. The molecule has 2 aliphatic heterocycles. The molecule has 2 heterocycles. The summed E-state index contributed by atoms with van der Waals surface area (Å²) in [6, 6.07) is 9.19. The van der Waals surface area contributed by atoms with Gasteiger partial charge < -0.3 is 10.1 Å². The summed E-state index contributed by atoms with van der Waals surface area (Å²) in [6.07, 6.45) is 2.49. The first-order chi connectivity index (χ1) is 12.0. The van der Waals surface area contributed by atoms with Gasteiger partial charge in [-0.1, -0.05) is 30.3 Å². The average molecular weight is 364 g/mol. The van der Waals surface area contributed by atoms with Crippen molar-refractivity contribution in [3.63, 3.8) is 0 Å². The van der Waals surface area contributed by atoms with Crippen molar-refractivity contribution in [2.24, 2.45) is 11.8 Å². The predicted molar refractivity (Wildman–Crippen MR) is 93.1 cm³/mol. The van der Waals surface area contributed by atoms with Crippen LogP contribution < -0.4 is 5.32 Å². The molecule has 25 heavy (non-hydrogen) atoms. The van der Waals surface area contributed by atoms with Crippen LogP contribution in [0.3, 0.4) is 0 Å². The summed E-state index contributed by atoms with van der Waals surface area (Å²) in [5.41, 5.74) is 0.778. The molecule has 3 aliphatic rings. The number of benzene rings is 1. The highest BCUT2D eigenvalue weighted by Crippen LogP contribution is 2.34. The van der Waals surface area contributed by atoms with Gasteiger partial charge in [-0.3, -0.25) is 4.79 Å². The lowest BCUT2D eigenvalue weighted by Gasteiger charge is -2.32. The maximum absolute atomic E-state index is 12.7. The van der Waals surface area contributed by atoms with Crippen molar-refractivity contribution < 1.29 is 17.9 Å². The Morgan fingerprint density at radius 1 is 1.20 bits per heavy atom. The zero-order valence-electron chi connectivity index (χ0n) is 14.1. The van der Waals surface area contributed by atoms with Crippen LogP contribution in [0.2, 0.25) is 0 Å². The Morgan fingerprint density at radius 2 is 1.96 bits per heavy atom. The number of carbonyl (C=O) groups is 1. The first-order valence-corrected chi connectivity index (χ1v) is 10.6. The van der Waals surface area contributed by atoms with E-state index in [0.717, 1.165) is 12.1 Å².